The predicted octanol–water partition coefficient (Wildman–Crippen LogP) is 5.73. The second-order valence-corrected chi connectivity index (χ2v) is 9.09. The first-order chi connectivity index (χ1) is 16.2. The molecule has 3 rings (SSSR count). The Labute approximate surface area is 208 Å². The van der Waals surface area contributed by atoms with Gasteiger partial charge in [-0.15, -0.1) is 0 Å². The normalized spacial score (nSPS) is 15.2. The number of Topliss-reactive ketones (excluding diaryl/α,β-unsaturated/α-hetero) is 1. The summed E-state index contributed by atoms with van der Waals surface area (Å²) in [6.07, 6.45) is 5.54. The van der Waals surface area contributed by atoms with Gasteiger partial charge in [0.05, 0.1) is 27.6 Å². The molecule has 34 heavy (non-hydrogen) atoms. The lowest BCUT2D eigenvalue weighted by molar-refractivity contribution is -0.138. The zero-order valence-corrected chi connectivity index (χ0v) is 20.6. The Hall–Kier alpha value is -2.90. The van der Waals surface area contributed by atoms with Crippen molar-refractivity contribution in [3.8, 4) is 0 Å². The summed E-state index contributed by atoms with van der Waals surface area (Å²) in [6.45, 7) is 3.93. The Balaban J connectivity index is 1.90. The number of hydrogen-bond acceptors (Lipinski definition) is 5. The molecule has 0 spiro atoms. The van der Waals surface area contributed by atoms with Crippen LogP contribution in [0.2, 0.25) is 10.0 Å². The van der Waals surface area contributed by atoms with E-state index in [1.165, 1.54) is 12.4 Å². The number of ketones is 1. The molecule has 9 heteroatoms. The minimum atomic E-state index is -0.948. The number of allylic oxidation sites excluding steroid dienone is 2. The monoisotopic (exact) mass is 503 g/mol. The molecule has 1 aliphatic carbocycles. The van der Waals surface area contributed by atoms with Crippen molar-refractivity contribution in [1.29, 1.82) is 0 Å². The lowest BCUT2D eigenvalue weighted by Gasteiger charge is -2.35. The SMILES string of the molecule is CCCC1=C(NC(CC)(CC(=O)O)c2ccc(NC(=O)c3c(Cl)cncc3Cl)cc2)CCC1=O. The van der Waals surface area contributed by atoms with E-state index in [9.17, 15) is 19.5 Å². The van der Waals surface area contributed by atoms with Crippen LogP contribution in [0, 0.1) is 0 Å². The fraction of sp³-hybridized carbons (Fsp3) is 0.360. The minimum Gasteiger partial charge on any atom is -0.481 e. The Morgan fingerprint density at radius 1 is 1.09 bits per heavy atom. The molecule has 1 aromatic heterocycles. The number of rotatable bonds is 10. The maximum atomic E-state index is 12.7. The molecule has 1 aliphatic rings. The number of nitrogens with zero attached hydrogens (tertiary/aromatic N) is 1. The van der Waals surface area contributed by atoms with Gasteiger partial charge in [-0.2, -0.15) is 0 Å². The number of pyridine rings is 1. The van der Waals surface area contributed by atoms with Crippen molar-refractivity contribution in [2.45, 2.75) is 57.9 Å². The molecule has 7 nitrogen and oxygen atoms in total. The molecule has 3 N–H and O–H groups in total. The van der Waals surface area contributed by atoms with Crippen LogP contribution in [0.3, 0.4) is 0 Å². The molecule has 1 atom stereocenters. The number of carboxylic acid groups (broad SMARTS) is 1. The fourth-order valence-electron chi connectivity index (χ4n) is 4.26. The van der Waals surface area contributed by atoms with E-state index in [4.69, 9.17) is 23.2 Å². The van der Waals surface area contributed by atoms with Gasteiger partial charge in [0.2, 0.25) is 0 Å². The zero-order valence-electron chi connectivity index (χ0n) is 19.1. The number of aliphatic carboxylic acids is 1. The average Bonchev–Trinajstić information content (AvgIpc) is 3.12. The van der Waals surface area contributed by atoms with E-state index >= 15 is 0 Å². The molecule has 0 bridgehead atoms. The van der Waals surface area contributed by atoms with Crippen molar-refractivity contribution in [2.75, 3.05) is 5.32 Å². The molecule has 180 valence electrons. The van der Waals surface area contributed by atoms with Gasteiger partial charge in [0.25, 0.3) is 5.91 Å². The molecule has 1 unspecified atom stereocenters. The summed E-state index contributed by atoms with van der Waals surface area (Å²) < 4.78 is 0. The third kappa shape index (κ3) is 5.59. The highest BCUT2D eigenvalue weighted by atomic mass is 35.5. The first-order valence-corrected chi connectivity index (χ1v) is 11.9. The average molecular weight is 504 g/mol. The van der Waals surface area contributed by atoms with Crippen molar-refractivity contribution in [3.05, 3.63) is 69.1 Å². The Morgan fingerprint density at radius 3 is 2.29 bits per heavy atom. The molecule has 0 saturated carbocycles. The smallest absolute Gasteiger partial charge is 0.306 e. The lowest BCUT2D eigenvalue weighted by Crippen LogP contribution is -2.43. The summed E-state index contributed by atoms with van der Waals surface area (Å²) in [7, 11) is 0. The van der Waals surface area contributed by atoms with E-state index in [0.29, 0.717) is 31.4 Å². The van der Waals surface area contributed by atoms with E-state index in [1.807, 2.05) is 13.8 Å². The fourth-order valence-corrected chi connectivity index (χ4v) is 4.80. The highest BCUT2D eigenvalue weighted by molar-refractivity contribution is 6.40. The molecule has 0 fully saturated rings. The number of anilines is 1. The van der Waals surface area contributed by atoms with Gasteiger partial charge in [0.15, 0.2) is 5.78 Å². The van der Waals surface area contributed by atoms with E-state index in [-0.39, 0.29) is 27.8 Å². The Bertz CT molecular complexity index is 1110. The van der Waals surface area contributed by atoms with Gasteiger partial charge in [0.1, 0.15) is 0 Å². The zero-order chi connectivity index (χ0) is 24.9. The lowest BCUT2D eigenvalue weighted by atomic mass is 9.83. The van der Waals surface area contributed by atoms with Gasteiger partial charge in [-0.05, 0) is 37.0 Å². The van der Waals surface area contributed by atoms with Crippen LogP contribution in [0.4, 0.5) is 5.69 Å². The summed E-state index contributed by atoms with van der Waals surface area (Å²) >= 11 is 12.1. The van der Waals surface area contributed by atoms with Crippen LogP contribution in [0.25, 0.3) is 0 Å². The van der Waals surface area contributed by atoms with Crippen LogP contribution in [-0.4, -0.2) is 27.8 Å². The van der Waals surface area contributed by atoms with Gasteiger partial charge < -0.3 is 15.7 Å². The van der Waals surface area contributed by atoms with Crippen LogP contribution in [0.5, 0.6) is 0 Å². The quantitative estimate of drug-likeness (QED) is 0.382. The van der Waals surface area contributed by atoms with Gasteiger partial charge in [-0.25, -0.2) is 0 Å². The van der Waals surface area contributed by atoms with Crippen LogP contribution >= 0.6 is 23.2 Å². The highest BCUT2D eigenvalue weighted by Gasteiger charge is 2.36. The standard InChI is InChI=1S/C25H27Cl2N3O4/c1-3-5-17-20(10-11-21(17)31)30-25(4-2,12-22(32)33)15-6-8-16(9-7-15)29-24(34)23-18(26)13-28-14-19(23)27/h6-9,13-14,30H,3-5,10-12H2,1-2H3,(H,29,34)(H,32,33). The number of carbonyl (C=O) groups is 3. The maximum absolute atomic E-state index is 12.7. The summed E-state index contributed by atoms with van der Waals surface area (Å²) in [5.74, 6) is -1.30. The van der Waals surface area contributed by atoms with Gasteiger partial charge in [0, 0.05) is 35.8 Å². The van der Waals surface area contributed by atoms with E-state index in [0.717, 1.165) is 23.3 Å². The Morgan fingerprint density at radius 2 is 1.74 bits per heavy atom. The number of carbonyl (C=O) groups excluding carboxylic acids is 2. The molecule has 1 heterocycles. The molecular weight excluding hydrogens is 477 g/mol. The number of carboxylic acids is 1. The van der Waals surface area contributed by atoms with Gasteiger partial charge >= 0.3 is 5.97 Å². The van der Waals surface area contributed by atoms with Crippen LogP contribution < -0.4 is 10.6 Å². The van der Waals surface area contributed by atoms with Crippen LogP contribution in [-0.2, 0) is 15.1 Å². The van der Waals surface area contributed by atoms with Crippen molar-refractivity contribution < 1.29 is 19.5 Å². The minimum absolute atomic E-state index is 0.121. The summed E-state index contributed by atoms with van der Waals surface area (Å²) in [5.41, 5.74) is 2.07. The summed E-state index contributed by atoms with van der Waals surface area (Å²) in [6, 6.07) is 6.96. The van der Waals surface area contributed by atoms with Gasteiger partial charge in [-0.1, -0.05) is 55.6 Å². The number of nitrogens with one attached hydrogen (secondary N) is 2. The third-order valence-electron chi connectivity index (χ3n) is 6.03. The highest BCUT2D eigenvalue weighted by Crippen LogP contribution is 2.35. The number of halogens is 2. The first-order valence-electron chi connectivity index (χ1n) is 11.2. The largest absolute Gasteiger partial charge is 0.481 e. The number of hydrogen-bond donors (Lipinski definition) is 3. The molecular formula is C25H27Cl2N3O4. The second-order valence-electron chi connectivity index (χ2n) is 8.27. The first kappa shape index (κ1) is 25.7. The molecule has 1 aromatic carbocycles. The predicted molar refractivity (Wildman–Crippen MR) is 132 cm³/mol. The van der Waals surface area contributed by atoms with E-state index in [2.05, 4.69) is 15.6 Å². The molecule has 0 radical (unpaired) electrons. The van der Waals surface area contributed by atoms with Gasteiger partial charge in [-0.3, -0.25) is 19.4 Å². The van der Waals surface area contributed by atoms with Crippen molar-refractivity contribution in [3.63, 3.8) is 0 Å². The second kappa shape index (κ2) is 11.0. The third-order valence-corrected chi connectivity index (χ3v) is 6.60. The van der Waals surface area contributed by atoms with Crippen molar-refractivity contribution >= 4 is 46.5 Å². The van der Waals surface area contributed by atoms with Crippen LogP contribution in [0.15, 0.2) is 47.9 Å². The number of benzene rings is 1. The van der Waals surface area contributed by atoms with Crippen molar-refractivity contribution in [1.82, 2.24) is 10.3 Å². The molecule has 2 aromatic rings. The maximum Gasteiger partial charge on any atom is 0.306 e. The number of aromatic nitrogens is 1. The summed E-state index contributed by atoms with van der Waals surface area (Å²) in [5, 5.41) is 16.2. The number of amides is 1. The Kier molecular flexibility index (Phi) is 8.33. The topological polar surface area (TPSA) is 108 Å². The van der Waals surface area contributed by atoms with E-state index < -0.39 is 17.4 Å². The van der Waals surface area contributed by atoms with Crippen LogP contribution in [0.1, 0.15) is 68.3 Å². The molecule has 0 aliphatic heterocycles. The van der Waals surface area contributed by atoms with Crippen molar-refractivity contribution in [2.24, 2.45) is 0 Å². The molecule has 1 amide bonds. The van der Waals surface area contributed by atoms with E-state index in [1.54, 1.807) is 24.3 Å². The summed E-state index contributed by atoms with van der Waals surface area (Å²) in [4.78, 5) is 40.7. The molecule has 0 saturated heterocycles.